The minimum absolute atomic E-state index is 0.805. The minimum Gasteiger partial charge on any atom is -0.340 e. The van der Waals surface area contributed by atoms with Crippen molar-refractivity contribution in [1.82, 2.24) is 14.6 Å². The second-order valence-corrected chi connectivity index (χ2v) is 5.01. The van der Waals surface area contributed by atoms with Gasteiger partial charge in [0.05, 0.1) is 6.20 Å². The van der Waals surface area contributed by atoms with Crippen LogP contribution in [0.2, 0.25) is 0 Å². The van der Waals surface area contributed by atoms with Crippen molar-refractivity contribution in [3.8, 4) is 0 Å². The molecule has 0 bridgehead atoms. The maximum Gasteiger partial charge on any atom is 0.164 e. The van der Waals surface area contributed by atoms with E-state index >= 15 is 0 Å². The highest BCUT2D eigenvalue weighted by molar-refractivity contribution is 5.76. The molecule has 4 nitrogen and oxygen atoms in total. The van der Waals surface area contributed by atoms with Crippen LogP contribution >= 0.6 is 0 Å². The summed E-state index contributed by atoms with van der Waals surface area (Å²) in [7, 11) is 0. The fraction of sp³-hybridized carbons (Fsp3) is 0.111. The van der Waals surface area contributed by atoms with Gasteiger partial charge < -0.3 is 5.32 Å². The highest BCUT2D eigenvalue weighted by Crippen LogP contribution is 2.21. The Kier molecular flexibility index (Phi) is 4.01. The molecule has 0 atom stereocenters. The summed E-state index contributed by atoms with van der Waals surface area (Å²) in [6.45, 7) is 4.07. The molecule has 0 saturated heterocycles. The van der Waals surface area contributed by atoms with E-state index in [1.165, 1.54) is 0 Å². The van der Waals surface area contributed by atoms with Gasteiger partial charge in [-0.25, -0.2) is 9.50 Å². The average molecular weight is 290 g/mol. The smallest absolute Gasteiger partial charge is 0.164 e. The molecule has 0 spiro atoms. The van der Waals surface area contributed by atoms with E-state index in [0.29, 0.717) is 0 Å². The number of nitrogens with zero attached hydrogens (tertiary/aromatic N) is 3. The zero-order valence-electron chi connectivity index (χ0n) is 12.7. The van der Waals surface area contributed by atoms with Crippen LogP contribution in [-0.2, 0) is 0 Å². The minimum atomic E-state index is 0.805. The first kappa shape index (κ1) is 14.1. The van der Waals surface area contributed by atoms with Crippen molar-refractivity contribution in [1.29, 1.82) is 0 Å². The van der Waals surface area contributed by atoms with Gasteiger partial charge in [-0.05, 0) is 37.6 Å². The molecule has 2 heterocycles. The molecule has 1 N–H and O–H groups in total. The summed E-state index contributed by atoms with van der Waals surface area (Å²) in [6.07, 6.45) is 9.86. The molecule has 0 amide bonds. The van der Waals surface area contributed by atoms with Crippen LogP contribution in [0, 0.1) is 0 Å². The number of aromatic nitrogens is 3. The third kappa shape index (κ3) is 2.91. The van der Waals surface area contributed by atoms with Crippen LogP contribution in [0.5, 0.6) is 0 Å². The summed E-state index contributed by atoms with van der Waals surface area (Å²) >= 11 is 0. The Labute approximate surface area is 129 Å². The third-order valence-corrected chi connectivity index (χ3v) is 3.38. The highest BCUT2D eigenvalue weighted by Gasteiger charge is 2.08. The zero-order valence-corrected chi connectivity index (χ0v) is 12.7. The van der Waals surface area contributed by atoms with Gasteiger partial charge >= 0.3 is 0 Å². The number of hydrogen-bond donors (Lipinski definition) is 1. The summed E-state index contributed by atoms with van der Waals surface area (Å²) in [5.41, 5.74) is 4.04. The van der Waals surface area contributed by atoms with E-state index in [4.69, 9.17) is 0 Å². The summed E-state index contributed by atoms with van der Waals surface area (Å²) in [5, 5.41) is 7.67. The first-order valence-corrected chi connectivity index (χ1v) is 7.24. The lowest BCUT2D eigenvalue weighted by Gasteiger charge is -2.06. The molecule has 0 radical (unpaired) electrons. The van der Waals surface area contributed by atoms with Crippen LogP contribution in [0.3, 0.4) is 0 Å². The number of anilines is 2. The quantitative estimate of drug-likeness (QED) is 0.722. The Morgan fingerprint density at radius 3 is 2.77 bits per heavy atom. The number of benzene rings is 1. The van der Waals surface area contributed by atoms with Gasteiger partial charge in [-0.2, -0.15) is 5.10 Å². The molecule has 0 saturated carbocycles. The Morgan fingerprint density at radius 1 is 1.18 bits per heavy atom. The summed E-state index contributed by atoms with van der Waals surface area (Å²) in [6, 6.07) is 11.9. The van der Waals surface area contributed by atoms with Crippen LogP contribution in [0.15, 0.2) is 67.0 Å². The molecule has 1 aromatic carbocycles. The first-order valence-electron chi connectivity index (χ1n) is 7.24. The van der Waals surface area contributed by atoms with Crippen molar-refractivity contribution in [2.75, 3.05) is 5.32 Å². The Hall–Kier alpha value is -2.88. The average Bonchev–Trinajstić information content (AvgIpc) is 2.97. The largest absolute Gasteiger partial charge is 0.340 e. The van der Waals surface area contributed by atoms with Gasteiger partial charge in [-0.15, -0.1) is 0 Å². The lowest BCUT2D eigenvalue weighted by atomic mass is 10.1. The van der Waals surface area contributed by atoms with E-state index in [2.05, 4.69) is 28.4 Å². The predicted octanol–water partition coefficient (Wildman–Crippen LogP) is 4.45. The number of para-hydroxylation sites is 1. The van der Waals surface area contributed by atoms with Crippen molar-refractivity contribution in [2.45, 2.75) is 13.8 Å². The number of allylic oxidation sites excluding steroid dienone is 4. The van der Waals surface area contributed by atoms with Gasteiger partial charge in [0.1, 0.15) is 5.82 Å². The second-order valence-electron chi connectivity index (χ2n) is 5.01. The van der Waals surface area contributed by atoms with Crippen molar-refractivity contribution >= 4 is 22.7 Å². The summed E-state index contributed by atoms with van der Waals surface area (Å²) in [5.74, 6) is 0.805. The van der Waals surface area contributed by atoms with Crippen molar-refractivity contribution in [3.05, 3.63) is 72.6 Å². The fourth-order valence-corrected chi connectivity index (χ4v) is 2.22. The Bertz CT molecular complexity index is 829. The standard InChI is InChI=1S/C18H18N4/c1-3-4-8-14(2)16-13-19-22-12-11-17(21-18(16)22)20-15-9-6-5-7-10-15/h3-13H,1-2H3,(H,20,21)/b4-3-,14-8+. The van der Waals surface area contributed by atoms with Gasteiger partial charge in [-0.3, -0.25) is 0 Å². The van der Waals surface area contributed by atoms with Crippen LogP contribution in [-0.4, -0.2) is 14.6 Å². The molecule has 2 aromatic heterocycles. The molecule has 0 aliphatic heterocycles. The topological polar surface area (TPSA) is 42.2 Å². The molecular weight excluding hydrogens is 272 g/mol. The van der Waals surface area contributed by atoms with Crippen LogP contribution in [0.25, 0.3) is 11.2 Å². The van der Waals surface area contributed by atoms with Gasteiger partial charge in [-0.1, -0.05) is 36.4 Å². The number of fused-ring (bicyclic) bond motifs is 1. The third-order valence-electron chi connectivity index (χ3n) is 3.38. The molecule has 4 heteroatoms. The molecule has 0 unspecified atom stereocenters. The van der Waals surface area contributed by atoms with Crippen molar-refractivity contribution < 1.29 is 0 Å². The molecule has 110 valence electrons. The van der Waals surface area contributed by atoms with E-state index in [-0.39, 0.29) is 0 Å². The highest BCUT2D eigenvalue weighted by atomic mass is 15.2. The van der Waals surface area contributed by atoms with Gasteiger partial charge in [0, 0.05) is 17.4 Å². The normalized spacial score (nSPS) is 12.2. The van der Waals surface area contributed by atoms with Crippen molar-refractivity contribution in [2.24, 2.45) is 0 Å². The summed E-state index contributed by atoms with van der Waals surface area (Å²) < 4.78 is 1.79. The second kappa shape index (κ2) is 6.26. The molecule has 22 heavy (non-hydrogen) atoms. The van der Waals surface area contributed by atoms with Crippen LogP contribution in [0.1, 0.15) is 19.4 Å². The van der Waals surface area contributed by atoms with Crippen molar-refractivity contribution in [3.63, 3.8) is 0 Å². The predicted molar refractivity (Wildman–Crippen MR) is 91.2 cm³/mol. The monoisotopic (exact) mass is 290 g/mol. The van der Waals surface area contributed by atoms with Gasteiger partial charge in [0.25, 0.3) is 0 Å². The molecule has 0 aliphatic carbocycles. The lowest BCUT2D eigenvalue weighted by Crippen LogP contribution is -1.97. The number of hydrogen-bond acceptors (Lipinski definition) is 3. The maximum atomic E-state index is 4.68. The van der Waals surface area contributed by atoms with E-state index in [1.807, 2.05) is 67.9 Å². The van der Waals surface area contributed by atoms with Gasteiger partial charge in [0.2, 0.25) is 0 Å². The van der Waals surface area contributed by atoms with E-state index < -0.39 is 0 Å². The molecule has 3 rings (SSSR count). The maximum absolute atomic E-state index is 4.68. The fourth-order valence-electron chi connectivity index (χ4n) is 2.22. The number of rotatable bonds is 4. The summed E-state index contributed by atoms with van der Waals surface area (Å²) in [4.78, 5) is 4.68. The Morgan fingerprint density at radius 2 is 2.00 bits per heavy atom. The molecule has 0 aliphatic rings. The van der Waals surface area contributed by atoms with E-state index in [1.54, 1.807) is 4.52 Å². The van der Waals surface area contributed by atoms with Gasteiger partial charge in [0.15, 0.2) is 5.65 Å². The molecular formula is C18H18N4. The molecule has 3 aromatic rings. The SMILES string of the molecule is C/C=C\C=C(/C)c1cnn2ccc(Nc3ccccc3)nc12. The molecule has 0 fully saturated rings. The Balaban J connectivity index is 1.98. The van der Waals surface area contributed by atoms with E-state index in [9.17, 15) is 0 Å². The van der Waals surface area contributed by atoms with E-state index in [0.717, 1.165) is 28.3 Å². The van der Waals surface area contributed by atoms with Crippen LogP contribution in [0.4, 0.5) is 11.5 Å². The first-order chi connectivity index (χ1) is 10.8. The van der Waals surface area contributed by atoms with Crippen LogP contribution < -0.4 is 5.32 Å². The zero-order chi connectivity index (χ0) is 15.4. The lowest BCUT2D eigenvalue weighted by molar-refractivity contribution is 0.941. The number of nitrogens with one attached hydrogen (secondary N) is 1.